The molecule has 2 unspecified atom stereocenters. The molecule has 0 N–H and O–H groups in total. The Morgan fingerprint density at radius 3 is 2.62 bits per heavy atom. The first-order chi connectivity index (χ1) is 6.11. The summed E-state index contributed by atoms with van der Waals surface area (Å²) in [6, 6.07) is 0.312. The second-order valence-electron chi connectivity index (χ2n) is 4.26. The molecule has 13 heavy (non-hydrogen) atoms. The molecule has 0 radical (unpaired) electrons. The van der Waals surface area contributed by atoms with Crippen LogP contribution in [-0.4, -0.2) is 31.6 Å². The van der Waals surface area contributed by atoms with E-state index in [-0.39, 0.29) is 0 Å². The molecule has 0 spiro atoms. The number of nitrogens with zero attached hydrogens (tertiary/aromatic N) is 1. The standard InChI is InChI=1S/C9H17NO2S/c1-10-9-6-4-2-3-5-8(9)7-13(10,11)12/h8-9H,2-7H2,1H3. The molecule has 1 saturated carbocycles. The van der Waals surface area contributed by atoms with Gasteiger partial charge in [-0.25, -0.2) is 12.7 Å². The Morgan fingerprint density at radius 1 is 1.15 bits per heavy atom. The van der Waals surface area contributed by atoms with Gasteiger partial charge in [0.2, 0.25) is 10.0 Å². The quantitative estimate of drug-likeness (QED) is 0.593. The number of sulfonamides is 1. The number of hydrogen-bond acceptors (Lipinski definition) is 2. The Hall–Kier alpha value is -0.0900. The van der Waals surface area contributed by atoms with E-state index in [1.165, 1.54) is 19.3 Å². The van der Waals surface area contributed by atoms with Crippen LogP contribution in [0, 0.1) is 5.92 Å². The van der Waals surface area contributed by atoms with Gasteiger partial charge in [0.1, 0.15) is 0 Å². The van der Waals surface area contributed by atoms with Crippen LogP contribution in [0.4, 0.5) is 0 Å². The van der Waals surface area contributed by atoms with E-state index in [0.717, 1.165) is 12.8 Å². The van der Waals surface area contributed by atoms with Gasteiger partial charge < -0.3 is 0 Å². The molecule has 1 aliphatic heterocycles. The third-order valence-electron chi connectivity index (χ3n) is 3.45. The maximum absolute atomic E-state index is 11.6. The SMILES string of the molecule is CN1C2CCCCCC2CS1(=O)=O. The van der Waals surface area contributed by atoms with Crippen molar-refractivity contribution in [3.05, 3.63) is 0 Å². The topological polar surface area (TPSA) is 37.4 Å². The molecule has 1 saturated heterocycles. The third-order valence-corrected chi connectivity index (χ3v) is 5.45. The van der Waals surface area contributed by atoms with Gasteiger partial charge in [-0.2, -0.15) is 0 Å². The molecule has 3 nitrogen and oxygen atoms in total. The first-order valence-electron chi connectivity index (χ1n) is 5.07. The maximum atomic E-state index is 11.6. The molecule has 4 heteroatoms. The number of rotatable bonds is 0. The van der Waals surface area contributed by atoms with E-state index >= 15 is 0 Å². The van der Waals surface area contributed by atoms with Crippen LogP contribution in [0.25, 0.3) is 0 Å². The fourth-order valence-corrected chi connectivity index (χ4v) is 4.49. The summed E-state index contributed by atoms with van der Waals surface area (Å²) in [4.78, 5) is 0. The summed E-state index contributed by atoms with van der Waals surface area (Å²) < 4.78 is 24.7. The zero-order chi connectivity index (χ0) is 9.47. The smallest absolute Gasteiger partial charge is 0.212 e. The highest BCUT2D eigenvalue weighted by Gasteiger charge is 2.42. The molecule has 2 rings (SSSR count). The molecule has 76 valence electrons. The summed E-state index contributed by atoms with van der Waals surface area (Å²) in [5.41, 5.74) is 0. The van der Waals surface area contributed by atoms with Crippen LogP contribution in [0.3, 0.4) is 0 Å². The highest BCUT2D eigenvalue weighted by Crippen LogP contribution is 2.34. The fourth-order valence-electron chi connectivity index (χ4n) is 2.63. The van der Waals surface area contributed by atoms with Gasteiger partial charge in [-0.3, -0.25) is 0 Å². The van der Waals surface area contributed by atoms with Gasteiger partial charge in [-0.1, -0.05) is 19.3 Å². The number of hydrogen-bond donors (Lipinski definition) is 0. The van der Waals surface area contributed by atoms with Crippen molar-refractivity contribution >= 4 is 10.0 Å². The second kappa shape index (κ2) is 3.24. The summed E-state index contributed by atoms with van der Waals surface area (Å²) in [6.07, 6.45) is 5.86. The van der Waals surface area contributed by atoms with Crippen LogP contribution in [0.15, 0.2) is 0 Å². The Morgan fingerprint density at radius 2 is 1.85 bits per heavy atom. The van der Waals surface area contributed by atoms with E-state index < -0.39 is 10.0 Å². The van der Waals surface area contributed by atoms with Crippen molar-refractivity contribution in [3.63, 3.8) is 0 Å². The van der Waals surface area contributed by atoms with Gasteiger partial charge in [0.25, 0.3) is 0 Å². The number of fused-ring (bicyclic) bond motifs is 1. The predicted octanol–water partition coefficient (Wildman–Crippen LogP) is 1.21. The van der Waals surface area contributed by atoms with E-state index in [1.807, 2.05) is 0 Å². The lowest BCUT2D eigenvalue weighted by Gasteiger charge is -2.20. The first kappa shape index (κ1) is 9.46. The Kier molecular flexibility index (Phi) is 2.36. The van der Waals surface area contributed by atoms with Crippen molar-refractivity contribution < 1.29 is 8.42 Å². The fraction of sp³-hybridized carbons (Fsp3) is 1.00. The summed E-state index contributed by atoms with van der Waals surface area (Å²) >= 11 is 0. The van der Waals surface area contributed by atoms with Crippen LogP contribution in [-0.2, 0) is 10.0 Å². The normalized spacial score (nSPS) is 39.8. The third kappa shape index (κ3) is 1.62. The van der Waals surface area contributed by atoms with E-state index in [2.05, 4.69) is 0 Å². The molecule has 0 aromatic carbocycles. The van der Waals surface area contributed by atoms with Crippen molar-refractivity contribution in [2.45, 2.75) is 38.1 Å². The maximum Gasteiger partial charge on any atom is 0.214 e. The lowest BCUT2D eigenvalue weighted by molar-refractivity contribution is 0.308. The van der Waals surface area contributed by atoms with Crippen molar-refractivity contribution in [2.24, 2.45) is 5.92 Å². The van der Waals surface area contributed by atoms with Crippen molar-refractivity contribution in [3.8, 4) is 0 Å². The molecule has 1 heterocycles. The Balaban J connectivity index is 2.21. The molecular weight excluding hydrogens is 186 g/mol. The van der Waals surface area contributed by atoms with Crippen molar-refractivity contribution in [2.75, 3.05) is 12.8 Å². The molecule has 1 aliphatic carbocycles. The van der Waals surface area contributed by atoms with Crippen molar-refractivity contribution in [1.82, 2.24) is 4.31 Å². The van der Waals surface area contributed by atoms with Crippen LogP contribution in [0.5, 0.6) is 0 Å². The molecule has 0 aromatic heterocycles. The van der Waals surface area contributed by atoms with Crippen LogP contribution >= 0.6 is 0 Å². The molecule has 0 amide bonds. The molecule has 2 fully saturated rings. The lowest BCUT2D eigenvalue weighted by atomic mass is 9.97. The lowest BCUT2D eigenvalue weighted by Crippen LogP contribution is -2.30. The van der Waals surface area contributed by atoms with E-state index in [1.54, 1.807) is 11.4 Å². The van der Waals surface area contributed by atoms with Gasteiger partial charge in [0, 0.05) is 13.1 Å². The largest absolute Gasteiger partial charge is 0.214 e. The summed E-state index contributed by atoms with van der Waals surface area (Å²) in [6.45, 7) is 0. The summed E-state index contributed by atoms with van der Waals surface area (Å²) in [7, 11) is -1.15. The average Bonchev–Trinajstić information content (AvgIpc) is 2.29. The van der Waals surface area contributed by atoms with Gasteiger partial charge in [0.15, 0.2) is 0 Å². The monoisotopic (exact) mass is 203 g/mol. The molecule has 0 aromatic rings. The first-order valence-corrected chi connectivity index (χ1v) is 6.68. The van der Waals surface area contributed by atoms with Gasteiger partial charge in [0.05, 0.1) is 5.75 Å². The predicted molar refractivity (Wildman–Crippen MR) is 51.9 cm³/mol. The Bertz CT molecular complexity index is 286. The average molecular weight is 203 g/mol. The summed E-state index contributed by atoms with van der Waals surface area (Å²) in [5.74, 6) is 0.811. The van der Waals surface area contributed by atoms with Crippen LogP contribution in [0.2, 0.25) is 0 Å². The minimum Gasteiger partial charge on any atom is -0.212 e. The molecular formula is C9H17NO2S. The minimum atomic E-state index is -2.89. The van der Waals surface area contributed by atoms with E-state index in [9.17, 15) is 8.42 Å². The highest BCUT2D eigenvalue weighted by atomic mass is 32.2. The Labute approximate surface area is 80.2 Å². The second-order valence-corrected chi connectivity index (χ2v) is 6.33. The zero-order valence-corrected chi connectivity index (χ0v) is 8.89. The zero-order valence-electron chi connectivity index (χ0n) is 8.07. The van der Waals surface area contributed by atoms with E-state index in [4.69, 9.17) is 0 Å². The van der Waals surface area contributed by atoms with E-state index in [0.29, 0.717) is 17.7 Å². The molecule has 2 aliphatic rings. The van der Waals surface area contributed by atoms with Crippen LogP contribution in [0.1, 0.15) is 32.1 Å². The van der Waals surface area contributed by atoms with Gasteiger partial charge in [-0.15, -0.1) is 0 Å². The highest BCUT2D eigenvalue weighted by molar-refractivity contribution is 7.89. The summed E-state index contributed by atoms with van der Waals surface area (Å²) in [5, 5.41) is 0. The van der Waals surface area contributed by atoms with Gasteiger partial charge >= 0.3 is 0 Å². The van der Waals surface area contributed by atoms with Crippen molar-refractivity contribution in [1.29, 1.82) is 0 Å². The van der Waals surface area contributed by atoms with Crippen LogP contribution < -0.4 is 0 Å². The minimum absolute atomic E-state index is 0.312. The van der Waals surface area contributed by atoms with Gasteiger partial charge in [-0.05, 0) is 18.8 Å². The molecule has 2 atom stereocenters. The molecule has 0 bridgehead atoms.